The molecule has 0 spiro atoms. The molecule has 0 saturated carbocycles. The Morgan fingerprint density at radius 1 is 1.78 bits per heavy atom. The van der Waals surface area contributed by atoms with Gasteiger partial charge in [-0.05, 0) is 30.5 Å². The summed E-state index contributed by atoms with van der Waals surface area (Å²) >= 11 is 5.07. The van der Waals surface area contributed by atoms with E-state index in [1.807, 2.05) is 0 Å². The molecule has 0 radical (unpaired) electrons. The fourth-order valence-corrected chi connectivity index (χ4v) is 0.579. The zero-order valence-electron chi connectivity index (χ0n) is 5.19. The molecule has 9 heavy (non-hydrogen) atoms. The molecular formula is C7H9ClO. The highest BCUT2D eigenvalue weighted by Crippen LogP contribution is 1.98. The highest BCUT2D eigenvalue weighted by Gasteiger charge is 1.91. The van der Waals surface area contributed by atoms with Crippen LogP contribution in [0.25, 0.3) is 0 Å². The molecular weight excluding hydrogens is 136 g/mol. The number of unbranched alkanes of at least 4 members (excludes halogenated alkanes) is 1. The molecule has 1 nitrogen and oxygen atoms in total. The molecule has 0 aromatic rings. The van der Waals surface area contributed by atoms with Crippen LogP contribution in [0.15, 0.2) is 18.4 Å². The lowest BCUT2D eigenvalue weighted by Crippen LogP contribution is -1.83. The second-order valence-electron chi connectivity index (χ2n) is 1.66. The lowest BCUT2D eigenvalue weighted by molar-refractivity contribution is -0.111. The Morgan fingerprint density at radius 3 is 2.89 bits per heavy atom. The average molecular weight is 145 g/mol. The largest absolute Gasteiger partial charge is 0.281 e. The Bertz CT molecular complexity index is 132. The predicted molar refractivity (Wildman–Crippen MR) is 38.4 cm³/mol. The van der Waals surface area contributed by atoms with Gasteiger partial charge in [-0.3, -0.25) is 4.79 Å². The maximum Gasteiger partial charge on any atom is 0.221 e. The Hall–Kier alpha value is -0.520. The Balaban J connectivity index is 3.10. The van der Waals surface area contributed by atoms with Gasteiger partial charge in [0.05, 0.1) is 0 Å². The maximum absolute atomic E-state index is 10.1. The number of halogens is 1. The summed E-state index contributed by atoms with van der Waals surface area (Å²) in [5, 5.41) is -0.271. The Labute approximate surface area is 60.0 Å². The molecule has 0 aromatic carbocycles. The van der Waals surface area contributed by atoms with Gasteiger partial charge in [-0.1, -0.05) is 6.58 Å². The van der Waals surface area contributed by atoms with Crippen LogP contribution in [0.5, 0.6) is 0 Å². The zero-order valence-corrected chi connectivity index (χ0v) is 5.95. The van der Waals surface area contributed by atoms with Gasteiger partial charge >= 0.3 is 0 Å². The fourth-order valence-electron chi connectivity index (χ4n) is 0.445. The Morgan fingerprint density at radius 2 is 2.44 bits per heavy atom. The first kappa shape index (κ1) is 8.48. The minimum absolute atomic E-state index is 0.271. The fraction of sp³-hybridized carbons (Fsp3) is 0.429. The van der Waals surface area contributed by atoms with Gasteiger partial charge in [0, 0.05) is 6.42 Å². The molecule has 0 bridgehead atoms. The maximum atomic E-state index is 10.1. The molecule has 2 heteroatoms. The van der Waals surface area contributed by atoms with Gasteiger partial charge in [0.2, 0.25) is 5.24 Å². The summed E-state index contributed by atoms with van der Waals surface area (Å²) in [6.07, 6.45) is 3.87. The van der Waals surface area contributed by atoms with Crippen molar-refractivity contribution in [2.24, 2.45) is 0 Å². The van der Waals surface area contributed by atoms with E-state index in [2.05, 4.69) is 12.3 Å². The molecule has 0 aliphatic rings. The van der Waals surface area contributed by atoms with Crippen molar-refractivity contribution in [3.8, 4) is 0 Å². The van der Waals surface area contributed by atoms with E-state index >= 15 is 0 Å². The third kappa shape index (κ3) is 7.48. The van der Waals surface area contributed by atoms with E-state index in [0.717, 1.165) is 12.8 Å². The molecule has 0 unspecified atom stereocenters. The van der Waals surface area contributed by atoms with E-state index in [1.54, 1.807) is 6.08 Å². The summed E-state index contributed by atoms with van der Waals surface area (Å²) in [5.41, 5.74) is 2.61. The molecule has 0 aliphatic heterocycles. The van der Waals surface area contributed by atoms with E-state index < -0.39 is 0 Å². The summed E-state index contributed by atoms with van der Waals surface area (Å²) < 4.78 is 0. The molecule has 0 rings (SSSR count). The van der Waals surface area contributed by atoms with E-state index in [1.165, 1.54) is 0 Å². The molecule has 0 saturated heterocycles. The highest BCUT2D eigenvalue weighted by molar-refractivity contribution is 6.63. The van der Waals surface area contributed by atoms with Crippen LogP contribution in [0.4, 0.5) is 0 Å². The first-order chi connectivity index (χ1) is 4.27. The lowest BCUT2D eigenvalue weighted by Gasteiger charge is -1.86. The molecule has 0 amide bonds. The number of hydrogen-bond donors (Lipinski definition) is 0. The first-order valence-corrected chi connectivity index (χ1v) is 3.18. The van der Waals surface area contributed by atoms with Crippen LogP contribution in [-0.2, 0) is 4.79 Å². The quantitative estimate of drug-likeness (QED) is 0.336. The van der Waals surface area contributed by atoms with Crippen molar-refractivity contribution >= 4 is 16.8 Å². The minimum atomic E-state index is -0.271. The van der Waals surface area contributed by atoms with Gasteiger partial charge in [-0.25, -0.2) is 0 Å². The van der Waals surface area contributed by atoms with Gasteiger partial charge in [-0.2, -0.15) is 0 Å². The first-order valence-electron chi connectivity index (χ1n) is 2.80. The summed E-state index contributed by atoms with van der Waals surface area (Å²) in [6, 6.07) is 0. The number of hydrogen-bond acceptors (Lipinski definition) is 1. The smallest absolute Gasteiger partial charge is 0.221 e. The second kappa shape index (κ2) is 5.61. The van der Waals surface area contributed by atoms with Gasteiger partial charge in [-0.15, -0.1) is 5.73 Å². The zero-order chi connectivity index (χ0) is 7.11. The van der Waals surface area contributed by atoms with Crippen LogP contribution in [-0.4, -0.2) is 5.24 Å². The second-order valence-corrected chi connectivity index (χ2v) is 2.08. The van der Waals surface area contributed by atoms with Crippen LogP contribution >= 0.6 is 11.6 Å². The monoisotopic (exact) mass is 144 g/mol. The van der Waals surface area contributed by atoms with Crippen molar-refractivity contribution in [2.75, 3.05) is 0 Å². The molecule has 0 heterocycles. The highest BCUT2D eigenvalue weighted by atomic mass is 35.5. The van der Waals surface area contributed by atoms with Gasteiger partial charge in [0.15, 0.2) is 0 Å². The van der Waals surface area contributed by atoms with E-state index in [0.29, 0.717) is 6.42 Å². The number of rotatable bonds is 4. The van der Waals surface area contributed by atoms with E-state index in [-0.39, 0.29) is 5.24 Å². The summed E-state index contributed by atoms with van der Waals surface area (Å²) in [6.45, 7) is 3.38. The molecule has 0 aliphatic carbocycles. The van der Waals surface area contributed by atoms with Gasteiger partial charge < -0.3 is 0 Å². The van der Waals surface area contributed by atoms with Crippen LogP contribution in [0.2, 0.25) is 0 Å². The number of allylic oxidation sites excluding steroid dienone is 1. The summed E-state index contributed by atoms with van der Waals surface area (Å²) in [5.74, 6) is 0. The molecule has 50 valence electrons. The third-order valence-corrected chi connectivity index (χ3v) is 1.06. The normalized spacial score (nSPS) is 8.11. The SMILES string of the molecule is C=C=CCCCC(=O)Cl. The third-order valence-electron chi connectivity index (χ3n) is 0.866. The van der Waals surface area contributed by atoms with Crippen molar-refractivity contribution < 1.29 is 4.79 Å². The van der Waals surface area contributed by atoms with Gasteiger partial charge in [0.1, 0.15) is 0 Å². The van der Waals surface area contributed by atoms with Crippen molar-refractivity contribution in [1.82, 2.24) is 0 Å². The predicted octanol–water partition coefficient (Wildman–Crippen LogP) is 2.26. The van der Waals surface area contributed by atoms with Crippen molar-refractivity contribution in [1.29, 1.82) is 0 Å². The van der Waals surface area contributed by atoms with E-state index in [9.17, 15) is 4.79 Å². The number of carbonyl (C=O) groups excluding carboxylic acids is 1. The van der Waals surface area contributed by atoms with E-state index in [4.69, 9.17) is 11.6 Å². The summed E-state index contributed by atoms with van der Waals surface area (Å²) in [7, 11) is 0. The summed E-state index contributed by atoms with van der Waals surface area (Å²) in [4.78, 5) is 10.1. The van der Waals surface area contributed by atoms with Crippen LogP contribution < -0.4 is 0 Å². The average Bonchev–Trinajstić information content (AvgIpc) is 1.80. The van der Waals surface area contributed by atoms with Crippen LogP contribution in [0.3, 0.4) is 0 Å². The van der Waals surface area contributed by atoms with Crippen molar-refractivity contribution in [3.63, 3.8) is 0 Å². The molecule has 0 atom stereocenters. The van der Waals surface area contributed by atoms with Crippen LogP contribution in [0.1, 0.15) is 19.3 Å². The Kier molecular flexibility index (Phi) is 5.29. The lowest BCUT2D eigenvalue weighted by atomic mass is 10.2. The number of carbonyl (C=O) groups is 1. The molecule has 0 aromatic heterocycles. The van der Waals surface area contributed by atoms with Crippen molar-refractivity contribution in [2.45, 2.75) is 19.3 Å². The standard InChI is InChI=1S/C7H9ClO/c1-2-3-4-5-6-7(8)9/h3H,1,4-6H2. The van der Waals surface area contributed by atoms with Crippen LogP contribution in [0, 0.1) is 0 Å². The van der Waals surface area contributed by atoms with Crippen molar-refractivity contribution in [3.05, 3.63) is 18.4 Å². The van der Waals surface area contributed by atoms with Gasteiger partial charge in [0.25, 0.3) is 0 Å². The topological polar surface area (TPSA) is 17.1 Å². The minimum Gasteiger partial charge on any atom is -0.281 e. The molecule has 0 fully saturated rings. The molecule has 0 N–H and O–H groups in total.